The van der Waals surface area contributed by atoms with E-state index in [2.05, 4.69) is 0 Å². The first-order valence-electron chi connectivity index (χ1n) is 5.74. The zero-order valence-corrected chi connectivity index (χ0v) is 9.85. The van der Waals surface area contributed by atoms with Crippen molar-refractivity contribution in [2.75, 3.05) is 6.61 Å². The van der Waals surface area contributed by atoms with Gasteiger partial charge >= 0.3 is 5.97 Å². The Labute approximate surface area is 100 Å². The van der Waals surface area contributed by atoms with E-state index in [1.165, 1.54) is 0 Å². The Kier molecular flexibility index (Phi) is 3.07. The van der Waals surface area contributed by atoms with E-state index < -0.39 is 11.5 Å². The fourth-order valence-electron chi connectivity index (χ4n) is 1.79. The van der Waals surface area contributed by atoms with E-state index in [0.29, 0.717) is 5.75 Å². The number of rotatable bonds is 5. The quantitative estimate of drug-likeness (QED) is 0.812. The number of carbonyl (C=O) groups is 1. The number of aliphatic carboxylic acids is 1. The van der Waals surface area contributed by atoms with Crippen LogP contribution < -0.4 is 10.5 Å². The molecule has 1 aromatic rings. The van der Waals surface area contributed by atoms with Gasteiger partial charge in [0.2, 0.25) is 0 Å². The third-order valence-corrected chi connectivity index (χ3v) is 3.20. The van der Waals surface area contributed by atoms with Crippen LogP contribution in [0.2, 0.25) is 0 Å². The monoisotopic (exact) mass is 235 g/mol. The predicted molar refractivity (Wildman–Crippen MR) is 64.0 cm³/mol. The first-order valence-corrected chi connectivity index (χ1v) is 5.74. The molecule has 92 valence electrons. The van der Waals surface area contributed by atoms with Crippen LogP contribution in [0.15, 0.2) is 24.3 Å². The van der Waals surface area contributed by atoms with Gasteiger partial charge in [-0.15, -0.1) is 0 Å². The first-order chi connectivity index (χ1) is 8.02. The fourth-order valence-corrected chi connectivity index (χ4v) is 1.79. The minimum Gasteiger partial charge on any atom is -0.491 e. The predicted octanol–water partition coefficient (Wildman–Crippen LogP) is 1.57. The molecule has 0 saturated heterocycles. The number of hydrogen-bond donors (Lipinski definition) is 2. The van der Waals surface area contributed by atoms with Crippen molar-refractivity contribution >= 4 is 5.97 Å². The van der Waals surface area contributed by atoms with E-state index in [-0.39, 0.29) is 12.5 Å². The van der Waals surface area contributed by atoms with Crippen molar-refractivity contribution in [3.8, 4) is 5.75 Å². The maximum absolute atomic E-state index is 11.2. The zero-order chi connectivity index (χ0) is 12.5. The summed E-state index contributed by atoms with van der Waals surface area (Å²) < 4.78 is 5.48. The first kappa shape index (κ1) is 11.9. The van der Waals surface area contributed by atoms with Gasteiger partial charge in [-0.25, -0.2) is 0 Å². The average Bonchev–Trinajstić information content (AvgIpc) is 3.11. The standard InChI is InChI=1S/C13H17NO3/c1-9-2-6-11(7-3-9)17-8-13(14,12(15)16)10-4-5-10/h2-3,6-7,10H,4-5,8,14H2,1H3,(H,15,16). The molecular formula is C13H17NO3. The smallest absolute Gasteiger partial charge is 0.327 e. The molecule has 0 heterocycles. The van der Waals surface area contributed by atoms with Gasteiger partial charge in [0.25, 0.3) is 0 Å². The summed E-state index contributed by atoms with van der Waals surface area (Å²) in [7, 11) is 0. The van der Waals surface area contributed by atoms with Gasteiger partial charge in [-0.05, 0) is 37.8 Å². The molecule has 1 atom stereocenters. The fraction of sp³-hybridized carbons (Fsp3) is 0.462. The number of carboxylic acid groups (broad SMARTS) is 1. The van der Waals surface area contributed by atoms with Crippen molar-refractivity contribution in [1.29, 1.82) is 0 Å². The van der Waals surface area contributed by atoms with Crippen molar-refractivity contribution in [3.63, 3.8) is 0 Å². The highest BCUT2D eigenvalue weighted by Gasteiger charge is 2.49. The summed E-state index contributed by atoms with van der Waals surface area (Å²) in [5, 5.41) is 9.16. The van der Waals surface area contributed by atoms with Crippen LogP contribution in [-0.4, -0.2) is 23.2 Å². The molecular weight excluding hydrogens is 218 g/mol. The van der Waals surface area contributed by atoms with Gasteiger partial charge in [-0.1, -0.05) is 17.7 Å². The van der Waals surface area contributed by atoms with Gasteiger partial charge in [0.1, 0.15) is 12.4 Å². The topological polar surface area (TPSA) is 72.5 Å². The van der Waals surface area contributed by atoms with Gasteiger partial charge < -0.3 is 15.6 Å². The number of ether oxygens (including phenoxy) is 1. The van der Waals surface area contributed by atoms with E-state index in [9.17, 15) is 4.79 Å². The van der Waals surface area contributed by atoms with E-state index in [4.69, 9.17) is 15.6 Å². The molecule has 1 aliphatic carbocycles. The minimum atomic E-state index is -1.25. The lowest BCUT2D eigenvalue weighted by Crippen LogP contribution is -2.54. The van der Waals surface area contributed by atoms with E-state index in [1.54, 1.807) is 0 Å². The summed E-state index contributed by atoms with van der Waals surface area (Å²) in [6.07, 6.45) is 1.75. The van der Waals surface area contributed by atoms with Crippen LogP contribution in [0.4, 0.5) is 0 Å². The summed E-state index contributed by atoms with van der Waals surface area (Å²) in [5.74, 6) is -0.273. The van der Waals surface area contributed by atoms with E-state index >= 15 is 0 Å². The molecule has 2 rings (SSSR count). The second-order valence-corrected chi connectivity index (χ2v) is 4.72. The second kappa shape index (κ2) is 4.37. The largest absolute Gasteiger partial charge is 0.491 e. The molecule has 1 unspecified atom stereocenters. The molecule has 0 amide bonds. The van der Waals surface area contributed by atoms with Crippen LogP contribution in [0.5, 0.6) is 5.75 Å². The summed E-state index contributed by atoms with van der Waals surface area (Å²) in [6, 6.07) is 7.49. The highest BCUT2D eigenvalue weighted by molar-refractivity contribution is 5.79. The van der Waals surface area contributed by atoms with Crippen LogP contribution in [0.25, 0.3) is 0 Å². The lowest BCUT2D eigenvalue weighted by atomic mass is 9.96. The summed E-state index contributed by atoms with van der Waals surface area (Å²) in [4.78, 5) is 11.2. The summed E-state index contributed by atoms with van der Waals surface area (Å²) in [5.41, 5.74) is 5.79. The molecule has 0 aromatic heterocycles. The third kappa shape index (κ3) is 2.58. The lowest BCUT2D eigenvalue weighted by molar-refractivity contribution is -0.145. The number of aryl methyl sites for hydroxylation is 1. The molecule has 17 heavy (non-hydrogen) atoms. The Morgan fingerprint density at radius 3 is 2.53 bits per heavy atom. The van der Waals surface area contributed by atoms with Crippen molar-refractivity contribution < 1.29 is 14.6 Å². The van der Waals surface area contributed by atoms with Crippen molar-refractivity contribution in [1.82, 2.24) is 0 Å². The Bertz CT molecular complexity index is 411. The van der Waals surface area contributed by atoms with Crippen LogP contribution in [0.1, 0.15) is 18.4 Å². The van der Waals surface area contributed by atoms with E-state index in [0.717, 1.165) is 18.4 Å². The van der Waals surface area contributed by atoms with Gasteiger partial charge in [0, 0.05) is 0 Å². The minimum absolute atomic E-state index is 0.0239. The van der Waals surface area contributed by atoms with Gasteiger partial charge in [0.05, 0.1) is 0 Å². The molecule has 1 aromatic carbocycles. The molecule has 0 bridgehead atoms. The number of carboxylic acids is 1. The highest BCUT2D eigenvalue weighted by Crippen LogP contribution is 2.38. The molecule has 0 aliphatic heterocycles. The number of benzene rings is 1. The van der Waals surface area contributed by atoms with Crippen LogP contribution in [-0.2, 0) is 4.79 Å². The average molecular weight is 235 g/mol. The van der Waals surface area contributed by atoms with Crippen LogP contribution in [0.3, 0.4) is 0 Å². The van der Waals surface area contributed by atoms with Crippen molar-refractivity contribution in [2.24, 2.45) is 11.7 Å². The third-order valence-electron chi connectivity index (χ3n) is 3.20. The zero-order valence-electron chi connectivity index (χ0n) is 9.85. The lowest BCUT2D eigenvalue weighted by Gasteiger charge is -2.24. The molecule has 0 radical (unpaired) electrons. The molecule has 1 aliphatic rings. The molecule has 3 N–H and O–H groups in total. The Hall–Kier alpha value is -1.55. The van der Waals surface area contributed by atoms with Gasteiger partial charge in [0.15, 0.2) is 5.54 Å². The molecule has 1 fully saturated rings. The Morgan fingerprint density at radius 2 is 2.06 bits per heavy atom. The number of nitrogens with two attached hydrogens (primary N) is 1. The highest BCUT2D eigenvalue weighted by atomic mass is 16.5. The van der Waals surface area contributed by atoms with Crippen molar-refractivity contribution in [3.05, 3.63) is 29.8 Å². The Balaban J connectivity index is 2.00. The maximum atomic E-state index is 11.2. The van der Waals surface area contributed by atoms with Crippen molar-refractivity contribution in [2.45, 2.75) is 25.3 Å². The SMILES string of the molecule is Cc1ccc(OCC(N)(C(=O)O)C2CC2)cc1. The van der Waals surface area contributed by atoms with Crippen LogP contribution >= 0.6 is 0 Å². The van der Waals surface area contributed by atoms with Gasteiger partial charge in [-0.2, -0.15) is 0 Å². The number of hydrogen-bond acceptors (Lipinski definition) is 3. The second-order valence-electron chi connectivity index (χ2n) is 4.72. The normalized spacial score (nSPS) is 18.5. The summed E-state index contributed by atoms with van der Waals surface area (Å²) in [6.45, 7) is 2.01. The maximum Gasteiger partial charge on any atom is 0.327 e. The van der Waals surface area contributed by atoms with E-state index in [1.807, 2.05) is 31.2 Å². The van der Waals surface area contributed by atoms with Crippen LogP contribution in [0, 0.1) is 12.8 Å². The van der Waals surface area contributed by atoms with Gasteiger partial charge in [-0.3, -0.25) is 4.79 Å². The molecule has 0 spiro atoms. The Morgan fingerprint density at radius 1 is 1.47 bits per heavy atom. The molecule has 4 nitrogen and oxygen atoms in total. The molecule has 1 saturated carbocycles. The summed E-state index contributed by atoms with van der Waals surface area (Å²) >= 11 is 0. The molecule has 4 heteroatoms.